The van der Waals surface area contributed by atoms with Crippen LogP contribution in [0, 0.1) is 0 Å². The van der Waals surface area contributed by atoms with Crippen LogP contribution in [0.5, 0.6) is 0 Å². The Hall–Kier alpha value is -1.53. The van der Waals surface area contributed by atoms with Gasteiger partial charge < -0.3 is 5.32 Å². The van der Waals surface area contributed by atoms with Crippen LogP contribution in [0.15, 0.2) is 24.3 Å². The molecule has 2 aromatic rings. The maximum absolute atomic E-state index is 13.0. The Balaban J connectivity index is 2.66. The third kappa shape index (κ3) is 3.13. The molecule has 20 heavy (non-hydrogen) atoms. The highest BCUT2D eigenvalue weighted by Gasteiger charge is 2.34. The molecule has 1 aromatic carbocycles. The summed E-state index contributed by atoms with van der Waals surface area (Å²) in [6.07, 6.45) is -4.54. The zero-order valence-corrected chi connectivity index (χ0v) is 11.6. The monoisotopic (exact) mass is 321 g/mol. The number of nitrogens with zero attached hydrogens (tertiary/aromatic N) is 2. The third-order valence-electron chi connectivity index (χ3n) is 2.52. The molecular formula is C12H8Cl2F3N3. The van der Waals surface area contributed by atoms with E-state index in [9.17, 15) is 13.2 Å². The van der Waals surface area contributed by atoms with Gasteiger partial charge in [0.2, 0.25) is 5.28 Å². The predicted molar refractivity (Wildman–Crippen MR) is 72.0 cm³/mol. The predicted octanol–water partition coefficient (Wildman–Crippen LogP) is 4.51. The van der Waals surface area contributed by atoms with Crippen molar-refractivity contribution in [3.8, 4) is 11.3 Å². The van der Waals surface area contributed by atoms with Crippen molar-refractivity contribution in [2.75, 3.05) is 12.4 Å². The van der Waals surface area contributed by atoms with E-state index in [-0.39, 0.29) is 21.6 Å². The van der Waals surface area contributed by atoms with Crippen molar-refractivity contribution in [2.24, 2.45) is 0 Å². The molecule has 0 spiro atoms. The molecule has 0 radical (unpaired) electrons. The van der Waals surface area contributed by atoms with Crippen LogP contribution >= 0.6 is 23.2 Å². The summed E-state index contributed by atoms with van der Waals surface area (Å²) >= 11 is 11.3. The van der Waals surface area contributed by atoms with Crippen molar-refractivity contribution in [2.45, 2.75) is 6.18 Å². The number of halogens is 5. The van der Waals surface area contributed by atoms with E-state index in [1.807, 2.05) is 0 Å². The van der Waals surface area contributed by atoms with Gasteiger partial charge in [-0.15, -0.1) is 0 Å². The molecular weight excluding hydrogens is 314 g/mol. The molecule has 1 heterocycles. The van der Waals surface area contributed by atoms with E-state index in [0.717, 1.165) is 6.07 Å². The van der Waals surface area contributed by atoms with E-state index in [2.05, 4.69) is 15.3 Å². The lowest BCUT2D eigenvalue weighted by Crippen LogP contribution is -2.08. The molecule has 0 bridgehead atoms. The summed E-state index contributed by atoms with van der Waals surface area (Å²) < 4.78 is 39.1. The summed E-state index contributed by atoms with van der Waals surface area (Å²) in [6.45, 7) is 0. The maximum Gasteiger partial charge on any atom is 0.417 e. The number of nitrogens with one attached hydrogen (secondary N) is 1. The molecule has 1 aromatic heterocycles. The minimum absolute atomic E-state index is 0.00457. The van der Waals surface area contributed by atoms with Crippen LogP contribution in [0.3, 0.4) is 0 Å². The third-order valence-corrected chi connectivity index (χ3v) is 2.92. The molecule has 0 aliphatic rings. The van der Waals surface area contributed by atoms with Crippen LogP contribution in [-0.4, -0.2) is 17.0 Å². The van der Waals surface area contributed by atoms with Crippen LogP contribution in [0.25, 0.3) is 11.3 Å². The molecule has 3 nitrogen and oxygen atoms in total. The van der Waals surface area contributed by atoms with Gasteiger partial charge in [-0.25, -0.2) is 9.97 Å². The number of rotatable bonds is 2. The molecule has 0 aliphatic carbocycles. The summed E-state index contributed by atoms with van der Waals surface area (Å²) in [6, 6.07) is 4.85. The van der Waals surface area contributed by atoms with Crippen molar-refractivity contribution in [1.82, 2.24) is 9.97 Å². The summed E-state index contributed by atoms with van der Waals surface area (Å²) in [4.78, 5) is 7.65. The fourth-order valence-electron chi connectivity index (χ4n) is 1.66. The fraction of sp³-hybridized carbons (Fsp3) is 0.167. The maximum atomic E-state index is 13.0. The molecule has 0 saturated carbocycles. The van der Waals surface area contributed by atoms with Crippen LogP contribution < -0.4 is 5.32 Å². The van der Waals surface area contributed by atoms with Gasteiger partial charge in [0, 0.05) is 23.7 Å². The first-order valence-corrected chi connectivity index (χ1v) is 6.16. The first-order valence-electron chi connectivity index (χ1n) is 5.40. The van der Waals surface area contributed by atoms with Gasteiger partial charge in [-0.2, -0.15) is 13.2 Å². The molecule has 0 aliphatic heterocycles. The van der Waals surface area contributed by atoms with Gasteiger partial charge in [0.05, 0.1) is 11.3 Å². The van der Waals surface area contributed by atoms with Crippen molar-refractivity contribution < 1.29 is 13.2 Å². The Labute approximate surface area is 122 Å². The molecule has 1 N–H and O–H groups in total. The topological polar surface area (TPSA) is 37.8 Å². The Bertz CT molecular complexity index is 644. The second-order valence-corrected chi connectivity index (χ2v) is 4.62. The summed E-state index contributed by atoms with van der Waals surface area (Å²) in [5.41, 5.74) is -0.914. The average molecular weight is 322 g/mol. The SMILES string of the molecule is CNc1cc(-c2ccc(Cl)cc2C(F)(F)F)nc(Cl)n1. The number of aromatic nitrogens is 2. The zero-order chi connectivity index (χ0) is 14.9. The molecule has 0 fully saturated rings. The molecule has 0 amide bonds. The molecule has 0 unspecified atom stereocenters. The van der Waals surface area contributed by atoms with E-state index in [1.165, 1.54) is 18.2 Å². The number of hydrogen-bond donors (Lipinski definition) is 1. The van der Waals surface area contributed by atoms with Crippen LogP contribution in [0.1, 0.15) is 5.56 Å². The van der Waals surface area contributed by atoms with Gasteiger partial charge in [-0.05, 0) is 23.7 Å². The second kappa shape index (κ2) is 5.46. The summed E-state index contributed by atoms with van der Waals surface area (Å²) in [5.74, 6) is 0.322. The van der Waals surface area contributed by atoms with Gasteiger partial charge in [0.1, 0.15) is 5.82 Å². The van der Waals surface area contributed by atoms with E-state index in [0.29, 0.717) is 5.82 Å². The quantitative estimate of drug-likeness (QED) is 0.827. The lowest BCUT2D eigenvalue weighted by Gasteiger charge is -2.13. The Morgan fingerprint density at radius 2 is 1.80 bits per heavy atom. The Morgan fingerprint density at radius 3 is 2.40 bits per heavy atom. The first-order chi connectivity index (χ1) is 9.31. The number of benzene rings is 1. The summed E-state index contributed by atoms with van der Waals surface area (Å²) in [5, 5.41) is 2.56. The molecule has 2 rings (SSSR count). The number of anilines is 1. The zero-order valence-electron chi connectivity index (χ0n) is 10.1. The highest BCUT2D eigenvalue weighted by Crippen LogP contribution is 2.38. The second-order valence-electron chi connectivity index (χ2n) is 3.85. The molecule has 0 saturated heterocycles. The highest BCUT2D eigenvalue weighted by atomic mass is 35.5. The van der Waals surface area contributed by atoms with Gasteiger partial charge in [0.25, 0.3) is 0 Å². The fourth-order valence-corrected chi connectivity index (χ4v) is 2.01. The van der Waals surface area contributed by atoms with Gasteiger partial charge in [0.15, 0.2) is 0 Å². The van der Waals surface area contributed by atoms with Crippen molar-refractivity contribution >= 4 is 29.0 Å². The Kier molecular flexibility index (Phi) is 4.06. The van der Waals surface area contributed by atoms with Crippen molar-refractivity contribution in [1.29, 1.82) is 0 Å². The van der Waals surface area contributed by atoms with Crippen LogP contribution in [-0.2, 0) is 6.18 Å². The lowest BCUT2D eigenvalue weighted by atomic mass is 10.0. The van der Waals surface area contributed by atoms with Crippen molar-refractivity contribution in [3.05, 3.63) is 40.1 Å². The smallest absolute Gasteiger partial charge is 0.373 e. The number of hydrogen-bond acceptors (Lipinski definition) is 3. The highest BCUT2D eigenvalue weighted by molar-refractivity contribution is 6.30. The van der Waals surface area contributed by atoms with Crippen LogP contribution in [0.2, 0.25) is 10.3 Å². The average Bonchev–Trinajstić information content (AvgIpc) is 2.36. The minimum atomic E-state index is -4.54. The summed E-state index contributed by atoms with van der Waals surface area (Å²) in [7, 11) is 1.58. The molecule has 106 valence electrons. The standard InChI is InChI=1S/C12H8Cl2F3N3/c1-18-10-5-9(19-11(14)20-10)7-3-2-6(13)4-8(7)12(15,16)17/h2-5H,1H3,(H,18,19,20). The van der Waals surface area contributed by atoms with Crippen LogP contribution in [0.4, 0.5) is 19.0 Å². The minimum Gasteiger partial charge on any atom is -0.373 e. The van der Waals surface area contributed by atoms with E-state index in [4.69, 9.17) is 23.2 Å². The van der Waals surface area contributed by atoms with E-state index < -0.39 is 11.7 Å². The molecule has 8 heteroatoms. The van der Waals surface area contributed by atoms with Gasteiger partial charge >= 0.3 is 6.18 Å². The van der Waals surface area contributed by atoms with E-state index in [1.54, 1.807) is 7.05 Å². The lowest BCUT2D eigenvalue weighted by molar-refractivity contribution is -0.137. The number of alkyl halides is 3. The van der Waals surface area contributed by atoms with Gasteiger partial charge in [-0.1, -0.05) is 17.7 Å². The normalized spacial score (nSPS) is 11.5. The first kappa shape index (κ1) is 14.9. The van der Waals surface area contributed by atoms with Gasteiger partial charge in [-0.3, -0.25) is 0 Å². The molecule has 0 atom stereocenters. The Morgan fingerprint density at radius 1 is 1.10 bits per heavy atom. The van der Waals surface area contributed by atoms with E-state index >= 15 is 0 Å². The largest absolute Gasteiger partial charge is 0.417 e. The van der Waals surface area contributed by atoms with Crippen molar-refractivity contribution in [3.63, 3.8) is 0 Å².